The molecule has 19 heavy (non-hydrogen) atoms. The van der Waals surface area contributed by atoms with E-state index in [1.165, 1.54) is 4.31 Å². The van der Waals surface area contributed by atoms with E-state index in [0.717, 1.165) is 32.1 Å². The minimum Gasteiger partial charge on any atom is -0.395 e. The fraction of sp³-hybridized carbons (Fsp3) is 1.00. The van der Waals surface area contributed by atoms with Crippen LogP contribution in [0.25, 0.3) is 0 Å². The summed E-state index contributed by atoms with van der Waals surface area (Å²) < 4.78 is 28.6. The average Bonchev–Trinajstić information content (AvgIpc) is 2.37. The zero-order valence-corrected chi connectivity index (χ0v) is 12.8. The maximum absolute atomic E-state index is 12.7. The average molecular weight is 290 g/mol. The maximum Gasteiger partial charge on any atom is 0.282 e. The largest absolute Gasteiger partial charge is 0.395 e. The molecule has 0 aromatic rings. The van der Waals surface area contributed by atoms with Crippen molar-refractivity contribution in [1.29, 1.82) is 0 Å². The number of hydrogen-bond donors (Lipinski definition) is 1. The fourth-order valence-corrected chi connectivity index (χ4v) is 5.25. The second-order valence-electron chi connectivity index (χ2n) is 6.55. The first-order valence-electron chi connectivity index (χ1n) is 7.25. The van der Waals surface area contributed by atoms with Gasteiger partial charge in [-0.2, -0.15) is 17.0 Å². The summed E-state index contributed by atoms with van der Waals surface area (Å²) in [4.78, 5) is 0. The molecule has 2 aliphatic heterocycles. The molecule has 2 heterocycles. The van der Waals surface area contributed by atoms with Gasteiger partial charge in [-0.25, -0.2) is 0 Å². The molecule has 1 unspecified atom stereocenters. The summed E-state index contributed by atoms with van der Waals surface area (Å²) in [5.74, 6) is 0. The predicted octanol–water partition coefficient (Wildman–Crippen LogP) is 1.20. The molecule has 2 aliphatic rings. The highest BCUT2D eigenvalue weighted by Crippen LogP contribution is 2.32. The summed E-state index contributed by atoms with van der Waals surface area (Å²) in [5, 5.41) is 9.40. The molecule has 0 spiro atoms. The first kappa shape index (κ1) is 15.2. The number of hydrogen-bond acceptors (Lipinski definition) is 3. The van der Waals surface area contributed by atoms with E-state index in [-0.39, 0.29) is 18.1 Å². The third kappa shape index (κ3) is 3.29. The van der Waals surface area contributed by atoms with Gasteiger partial charge in [0, 0.05) is 25.7 Å². The highest BCUT2D eigenvalue weighted by molar-refractivity contribution is 7.86. The molecule has 0 saturated carbocycles. The van der Waals surface area contributed by atoms with Crippen molar-refractivity contribution in [3.05, 3.63) is 0 Å². The SMILES string of the molecule is CC1(C)CCCN(S(=O)(=O)N2CCCCC2CO)C1. The normalized spacial score (nSPS) is 30.4. The van der Waals surface area contributed by atoms with Crippen molar-refractivity contribution in [1.82, 2.24) is 8.61 Å². The van der Waals surface area contributed by atoms with Crippen LogP contribution in [0, 0.1) is 5.41 Å². The lowest BCUT2D eigenvalue weighted by atomic mass is 9.85. The van der Waals surface area contributed by atoms with Gasteiger partial charge in [-0.15, -0.1) is 0 Å². The molecule has 0 aromatic heterocycles. The van der Waals surface area contributed by atoms with Gasteiger partial charge in [0.25, 0.3) is 10.2 Å². The van der Waals surface area contributed by atoms with Gasteiger partial charge in [0.2, 0.25) is 0 Å². The van der Waals surface area contributed by atoms with E-state index in [1.54, 1.807) is 4.31 Å². The van der Waals surface area contributed by atoms with Gasteiger partial charge in [-0.05, 0) is 31.1 Å². The predicted molar refractivity (Wildman–Crippen MR) is 74.9 cm³/mol. The molecule has 2 fully saturated rings. The van der Waals surface area contributed by atoms with Crippen molar-refractivity contribution in [2.45, 2.75) is 52.0 Å². The Labute approximate surface area is 116 Å². The standard InChI is InChI=1S/C13H26N2O3S/c1-13(2)7-5-8-14(11-13)19(17,18)15-9-4-3-6-12(15)10-16/h12,16H,3-11H2,1-2H3. The van der Waals surface area contributed by atoms with Gasteiger partial charge < -0.3 is 5.11 Å². The first-order chi connectivity index (χ1) is 8.87. The molecule has 0 amide bonds. The Morgan fingerprint density at radius 2 is 1.95 bits per heavy atom. The molecule has 0 radical (unpaired) electrons. The number of aliphatic hydroxyl groups is 1. The van der Waals surface area contributed by atoms with Crippen LogP contribution in [-0.2, 0) is 10.2 Å². The molecule has 6 heteroatoms. The fourth-order valence-electron chi connectivity index (χ4n) is 3.17. The second kappa shape index (κ2) is 5.68. The number of nitrogens with zero attached hydrogens (tertiary/aromatic N) is 2. The summed E-state index contributed by atoms with van der Waals surface area (Å²) in [7, 11) is -3.41. The van der Waals surface area contributed by atoms with Gasteiger partial charge in [0.1, 0.15) is 0 Å². The van der Waals surface area contributed by atoms with Crippen LogP contribution in [0.3, 0.4) is 0 Å². The van der Waals surface area contributed by atoms with Gasteiger partial charge in [0.15, 0.2) is 0 Å². The van der Waals surface area contributed by atoms with Crippen molar-refractivity contribution in [2.75, 3.05) is 26.2 Å². The monoisotopic (exact) mass is 290 g/mol. The van der Waals surface area contributed by atoms with Gasteiger partial charge in [-0.3, -0.25) is 0 Å². The van der Waals surface area contributed by atoms with Crippen molar-refractivity contribution in [3.63, 3.8) is 0 Å². The zero-order chi connectivity index (χ0) is 14.1. The summed E-state index contributed by atoms with van der Waals surface area (Å²) in [6.07, 6.45) is 4.66. The van der Waals surface area contributed by atoms with E-state index in [4.69, 9.17) is 0 Å². The Bertz CT molecular complexity index is 408. The Balaban J connectivity index is 2.16. The summed E-state index contributed by atoms with van der Waals surface area (Å²) in [6, 6.07) is -0.233. The lowest BCUT2D eigenvalue weighted by Gasteiger charge is -2.42. The smallest absolute Gasteiger partial charge is 0.282 e. The number of aliphatic hydroxyl groups excluding tert-OH is 1. The molecule has 5 nitrogen and oxygen atoms in total. The third-order valence-electron chi connectivity index (χ3n) is 4.27. The molecule has 0 bridgehead atoms. The highest BCUT2D eigenvalue weighted by atomic mass is 32.2. The van der Waals surface area contributed by atoms with E-state index in [1.807, 2.05) is 0 Å². The lowest BCUT2D eigenvalue weighted by Crippen LogP contribution is -2.55. The van der Waals surface area contributed by atoms with E-state index in [9.17, 15) is 13.5 Å². The van der Waals surface area contributed by atoms with E-state index >= 15 is 0 Å². The zero-order valence-electron chi connectivity index (χ0n) is 12.0. The summed E-state index contributed by atoms with van der Waals surface area (Å²) in [6.45, 7) is 5.91. The Morgan fingerprint density at radius 3 is 2.58 bits per heavy atom. The van der Waals surface area contributed by atoms with Crippen LogP contribution in [-0.4, -0.2) is 54.4 Å². The molecule has 2 saturated heterocycles. The molecule has 112 valence electrons. The van der Waals surface area contributed by atoms with Crippen LogP contribution in [0.15, 0.2) is 0 Å². The lowest BCUT2D eigenvalue weighted by molar-refractivity contribution is 0.132. The van der Waals surface area contributed by atoms with E-state index in [2.05, 4.69) is 13.8 Å². The first-order valence-corrected chi connectivity index (χ1v) is 8.64. The Morgan fingerprint density at radius 1 is 1.21 bits per heavy atom. The van der Waals surface area contributed by atoms with Gasteiger partial charge >= 0.3 is 0 Å². The third-order valence-corrected chi connectivity index (χ3v) is 6.31. The molecule has 0 aliphatic carbocycles. The number of rotatable bonds is 3. The quantitative estimate of drug-likeness (QED) is 0.849. The minimum atomic E-state index is -3.41. The minimum absolute atomic E-state index is 0.0514. The van der Waals surface area contributed by atoms with Crippen molar-refractivity contribution >= 4 is 10.2 Å². The molecule has 1 N–H and O–H groups in total. The Hall–Kier alpha value is -0.170. The van der Waals surface area contributed by atoms with Crippen LogP contribution in [0.2, 0.25) is 0 Å². The van der Waals surface area contributed by atoms with Crippen molar-refractivity contribution < 1.29 is 13.5 Å². The van der Waals surface area contributed by atoms with Crippen molar-refractivity contribution in [2.24, 2.45) is 5.41 Å². The van der Waals surface area contributed by atoms with Gasteiger partial charge in [-0.1, -0.05) is 20.3 Å². The van der Waals surface area contributed by atoms with Gasteiger partial charge in [0.05, 0.1) is 6.61 Å². The second-order valence-corrected chi connectivity index (χ2v) is 8.43. The maximum atomic E-state index is 12.7. The number of piperidine rings is 2. The molecular formula is C13H26N2O3S. The van der Waals surface area contributed by atoms with E-state index in [0.29, 0.717) is 19.6 Å². The molecular weight excluding hydrogens is 264 g/mol. The van der Waals surface area contributed by atoms with E-state index < -0.39 is 10.2 Å². The Kier molecular flexibility index (Phi) is 4.55. The molecule has 0 aromatic carbocycles. The summed E-state index contributed by atoms with van der Waals surface area (Å²) in [5.41, 5.74) is 0.0514. The molecule has 1 atom stereocenters. The van der Waals surface area contributed by atoms with Crippen molar-refractivity contribution in [3.8, 4) is 0 Å². The highest BCUT2D eigenvalue weighted by Gasteiger charge is 2.39. The molecule has 2 rings (SSSR count). The van der Waals surface area contributed by atoms with Crippen LogP contribution < -0.4 is 0 Å². The van der Waals surface area contributed by atoms with Crippen LogP contribution in [0.5, 0.6) is 0 Å². The topological polar surface area (TPSA) is 60.9 Å². The summed E-state index contributed by atoms with van der Waals surface area (Å²) >= 11 is 0. The van der Waals surface area contributed by atoms with Crippen LogP contribution in [0.4, 0.5) is 0 Å². The van der Waals surface area contributed by atoms with Crippen LogP contribution in [0.1, 0.15) is 46.0 Å². The van der Waals surface area contributed by atoms with Crippen LogP contribution >= 0.6 is 0 Å².